The zero-order chi connectivity index (χ0) is 18.5. The summed E-state index contributed by atoms with van der Waals surface area (Å²) in [4.78, 5) is 34.4. The van der Waals surface area contributed by atoms with E-state index < -0.39 is 30.5 Å². The third-order valence-corrected chi connectivity index (χ3v) is 2.87. The maximum atomic E-state index is 12.3. The van der Waals surface area contributed by atoms with Crippen molar-refractivity contribution in [3.05, 3.63) is 35.4 Å². The van der Waals surface area contributed by atoms with Gasteiger partial charge in [0.05, 0.1) is 6.42 Å². The molecule has 1 aromatic carbocycles. The van der Waals surface area contributed by atoms with Crippen LogP contribution in [0.5, 0.6) is 0 Å². The number of hydrogen-bond acceptors (Lipinski definition) is 3. The molecule has 0 aromatic heterocycles. The molecule has 132 valence electrons. The first-order valence-electron chi connectivity index (χ1n) is 7.01. The lowest BCUT2D eigenvalue weighted by molar-refractivity contribution is -0.157. The molecular formula is C15H17F3N2O4. The van der Waals surface area contributed by atoms with Crippen molar-refractivity contribution in [2.24, 2.45) is 0 Å². The highest BCUT2D eigenvalue weighted by Gasteiger charge is 2.36. The predicted octanol–water partition coefficient (Wildman–Crippen LogP) is 1.96. The van der Waals surface area contributed by atoms with Crippen molar-refractivity contribution in [3.8, 4) is 0 Å². The molecule has 0 radical (unpaired) electrons. The number of benzene rings is 1. The largest absolute Gasteiger partial charge is 0.480 e. The van der Waals surface area contributed by atoms with E-state index in [0.717, 1.165) is 0 Å². The van der Waals surface area contributed by atoms with Crippen LogP contribution in [0.3, 0.4) is 0 Å². The Bertz CT molecular complexity index is 612. The lowest BCUT2D eigenvalue weighted by Crippen LogP contribution is -2.43. The van der Waals surface area contributed by atoms with Gasteiger partial charge in [-0.2, -0.15) is 13.2 Å². The second-order valence-corrected chi connectivity index (χ2v) is 5.39. The number of aliphatic carboxylic acids is 1. The summed E-state index contributed by atoms with van der Waals surface area (Å²) in [6, 6.07) is 2.95. The average Bonchev–Trinajstić information content (AvgIpc) is 2.44. The standard InChI is InChI=1S/C15H17F3N2O4/c1-8(2)19-12(21)9-3-5-10(6-4-9)13(22)20-11(14(23)24)7-15(16,17)18/h3-6,8,11H,7H2,1-2H3,(H,19,21)(H,20,22)(H,23,24). The van der Waals surface area contributed by atoms with Crippen LogP contribution >= 0.6 is 0 Å². The van der Waals surface area contributed by atoms with Gasteiger partial charge in [-0.15, -0.1) is 0 Å². The van der Waals surface area contributed by atoms with E-state index in [0.29, 0.717) is 0 Å². The average molecular weight is 346 g/mol. The molecule has 1 atom stereocenters. The molecule has 0 fully saturated rings. The molecule has 0 spiro atoms. The van der Waals surface area contributed by atoms with Gasteiger partial charge in [-0.25, -0.2) is 4.79 Å². The van der Waals surface area contributed by atoms with E-state index in [9.17, 15) is 27.6 Å². The number of amides is 2. The van der Waals surface area contributed by atoms with Crippen molar-refractivity contribution in [2.75, 3.05) is 0 Å². The molecule has 0 saturated carbocycles. The minimum absolute atomic E-state index is 0.0514. The molecule has 0 aliphatic heterocycles. The minimum atomic E-state index is -4.73. The zero-order valence-electron chi connectivity index (χ0n) is 13.0. The number of carbonyl (C=O) groups is 3. The number of rotatable bonds is 6. The summed E-state index contributed by atoms with van der Waals surface area (Å²) in [5.41, 5.74) is 0.217. The van der Waals surface area contributed by atoms with Crippen LogP contribution in [0.25, 0.3) is 0 Å². The third kappa shape index (κ3) is 6.27. The molecule has 0 bridgehead atoms. The molecule has 24 heavy (non-hydrogen) atoms. The van der Waals surface area contributed by atoms with E-state index in [-0.39, 0.29) is 23.1 Å². The number of hydrogen-bond donors (Lipinski definition) is 3. The lowest BCUT2D eigenvalue weighted by atomic mass is 10.1. The Morgan fingerprint density at radius 1 is 1.00 bits per heavy atom. The summed E-state index contributed by atoms with van der Waals surface area (Å²) in [6.45, 7) is 3.54. The van der Waals surface area contributed by atoms with Crippen LogP contribution in [0, 0.1) is 0 Å². The molecule has 1 rings (SSSR count). The SMILES string of the molecule is CC(C)NC(=O)c1ccc(C(=O)NC(CC(F)(F)F)C(=O)O)cc1. The van der Waals surface area contributed by atoms with Gasteiger partial charge in [-0.3, -0.25) is 9.59 Å². The normalized spacial score (nSPS) is 12.6. The molecule has 3 N–H and O–H groups in total. The second kappa shape index (κ2) is 7.80. The number of alkyl halides is 3. The van der Waals surface area contributed by atoms with E-state index in [1.165, 1.54) is 24.3 Å². The van der Waals surface area contributed by atoms with Gasteiger partial charge in [0, 0.05) is 17.2 Å². The summed E-state index contributed by atoms with van der Waals surface area (Å²) >= 11 is 0. The van der Waals surface area contributed by atoms with Crippen LogP contribution < -0.4 is 10.6 Å². The van der Waals surface area contributed by atoms with Crippen LogP contribution in [-0.4, -0.2) is 41.2 Å². The molecule has 2 amide bonds. The Labute approximate surface area is 136 Å². The Morgan fingerprint density at radius 2 is 1.42 bits per heavy atom. The Kier molecular flexibility index (Phi) is 6.33. The smallest absolute Gasteiger partial charge is 0.391 e. The predicted molar refractivity (Wildman–Crippen MR) is 78.6 cm³/mol. The van der Waals surface area contributed by atoms with Crippen LogP contribution in [0.2, 0.25) is 0 Å². The summed E-state index contributed by atoms with van der Waals surface area (Å²) < 4.78 is 36.9. The van der Waals surface area contributed by atoms with Crippen molar-refractivity contribution >= 4 is 17.8 Å². The molecule has 1 aromatic rings. The number of carbonyl (C=O) groups excluding carboxylic acids is 2. The van der Waals surface area contributed by atoms with Gasteiger partial charge < -0.3 is 15.7 Å². The first kappa shape index (κ1) is 19.5. The van der Waals surface area contributed by atoms with Crippen LogP contribution in [-0.2, 0) is 4.79 Å². The van der Waals surface area contributed by atoms with Gasteiger partial charge >= 0.3 is 12.1 Å². The highest BCUT2D eigenvalue weighted by Crippen LogP contribution is 2.21. The summed E-state index contributed by atoms with van der Waals surface area (Å²) in [5.74, 6) is -3.12. The third-order valence-electron chi connectivity index (χ3n) is 2.87. The van der Waals surface area contributed by atoms with E-state index in [4.69, 9.17) is 5.11 Å². The first-order valence-corrected chi connectivity index (χ1v) is 7.01. The molecule has 0 saturated heterocycles. The summed E-state index contributed by atoms with van der Waals surface area (Å²) in [7, 11) is 0. The van der Waals surface area contributed by atoms with E-state index in [1.807, 2.05) is 5.32 Å². The quantitative estimate of drug-likeness (QED) is 0.734. The number of carboxylic acid groups (broad SMARTS) is 1. The van der Waals surface area contributed by atoms with Crippen LogP contribution in [0.15, 0.2) is 24.3 Å². The number of carboxylic acids is 1. The molecule has 0 aliphatic rings. The maximum absolute atomic E-state index is 12.3. The van der Waals surface area contributed by atoms with Crippen molar-refractivity contribution in [1.29, 1.82) is 0 Å². The molecule has 0 aliphatic carbocycles. The molecule has 1 unspecified atom stereocenters. The number of halogens is 3. The zero-order valence-corrected chi connectivity index (χ0v) is 13.0. The topological polar surface area (TPSA) is 95.5 Å². The first-order chi connectivity index (χ1) is 11.0. The van der Waals surface area contributed by atoms with Gasteiger partial charge in [-0.05, 0) is 38.1 Å². The second-order valence-electron chi connectivity index (χ2n) is 5.39. The van der Waals surface area contributed by atoms with Crippen molar-refractivity contribution in [3.63, 3.8) is 0 Å². The van der Waals surface area contributed by atoms with Gasteiger partial charge in [0.2, 0.25) is 0 Å². The van der Waals surface area contributed by atoms with Gasteiger partial charge in [0.1, 0.15) is 6.04 Å². The monoisotopic (exact) mass is 346 g/mol. The lowest BCUT2D eigenvalue weighted by Gasteiger charge is -2.16. The van der Waals surface area contributed by atoms with Crippen molar-refractivity contribution in [2.45, 2.75) is 38.5 Å². The fourth-order valence-corrected chi connectivity index (χ4v) is 1.79. The molecule has 6 nitrogen and oxygen atoms in total. The molecule has 9 heteroatoms. The van der Waals surface area contributed by atoms with Gasteiger partial charge in [0.25, 0.3) is 11.8 Å². The van der Waals surface area contributed by atoms with Crippen LogP contribution in [0.4, 0.5) is 13.2 Å². The van der Waals surface area contributed by atoms with Crippen LogP contribution in [0.1, 0.15) is 41.0 Å². The summed E-state index contributed by atoms with van der Waals surface area (Å²) in [5, 5.41) is 13.2. The number of nitrogens with one attached hydrogen (secondary N) is 2. The Hall–Kier alpha value is -2.58. The summed E-state index contributed by atoms with van der Waals surface area (Å²) in [6.07, 6.45) is -6.40. The Morgan fingerprint density at radius 3 is 1.75 bits per heavy atom. The fraction of sp³-hybridized carbons (Fsp3) is 0.400. The fourth-order valence-electron chi connectivity index (χ4n) is 1.79. The van der Waals surface area contributed by atoms with Gasteiger partial charge in [-0.1, -0.05) is 0 Å². The Balaban J connectivity index is 2.80. The molecule has 0 heterocycles. The highest BCUT2D eigenvalue weighted by molar-refractivity contribution is 5.99. The van der Waals surface area contributed by atoms with Gasteiger partial charge in [0.15, 0.2) is 0 Å². The van der Waals surface area contributed by atoms with E-state index >= 15 is 0 Å². The van der Waals surface area contributed by atoms with E-state index in [1.54, 1.807) is 13.8 Å². The van der Waals surface area contributed by atoms with Crippen molar-refractivity contribution in [1.82, 2.24) is 10.6 Å². The van der Waals surface area contributed by atoms with Crippen molar-refractivity contribution < 1.29 is 32.7 Å². The molecular weight excluding hydrogens is 329 g/mol. The minimum Gasteiger partial charge on any atom is -0.480 e. The highest BCUT2D eigenvalue weighted by atomic mass is 19.4. The maximum Gasteiger partial charge on any atom is 0.391 e. The van der Waals surface area contributed by atoms with E-state index in [2.05, 4.69) is 5.32 Å².